The number of hydrogen-bond donors (Lipinski definition) is 1. The van der Waals surface area contributed by atoms with Gasteiger partial charge in [-0.25, -0.2) is 0 Å². The number of amides is 1. The fourth-order valence-corrected chi connectivity index (χ4v) is 3.05. The van der Waals surface area contributed by atoms with Crippen LogP contribution in [0.15, 0.2) is 30.3 Å². The summed E-state index contributed by atoms with van der Waals surface area (Å²) in [5.41, 5.74) is 1.27. The number of aliphatic hydroxyl groups is 1. The van der Waals surface area contributed by atoms with E-state index in [0.717, 1.165) is 32.5 Å². The third-order valence-electron chi connectivity index (χ3n) is 4.34. The van der Waals surface area contributed by atoms with Gasteiger partial charge in [0.15, 0.2) is 0 Å². The number of aliphatic hydroxyl groups excluding tert-OH is 1. The van der Waals surface area contributed by atoms with Gasteiger partial charge in [0.1, 0.15) is 0 Å². The molecule has 1 aliphatic heterocycles. The summed E-state index contributed by atoms with van der Waals surface area (Å²) < 4.78 is 0. The molecule has 1 N–H and O–H groups in total. The highest BCUT2D eigenvalue weighted by Gasteiger charge is 2.22. The largest absolute Gasteiger partial charge is 0.395 e. The second kappa shape index (κ2) is 8.91. The van der Waals surface area contributed by atoms with E-state index in [1.807, 2.05) is 23.1 Å². The number of hydrogen-bond acceptors (Lipinski definition) is 3. The highest BCUT2D eigenvalue weighted by atomic mass is 16.3. The maximum atomic E-state index is 12.4. The van der Waals surface area contributed by atoms with Crippen LogP contribution in [0.3, 0.4) is 0 Å². The van der Waals surface area contributed by atoms with Gasteiger partial charge in [0.2, 0.25) is 5.91 Å². The Balaban J connectivity index is 1.83. The molecule has 1 aromatic rings. The molecule has 1 fully saturated rings. The van der Waals surface area contributed by atoms with E-state index in [1.54, 1.807) is 0 Å². The molecule has 0 bridgehead atoms. The van der Waals surface area contributed by atoms with E-state index in [2.05, 4.69) is 24.0 Å². The van der Waals surface area contributed by atoms with Crippen molar-refractivity contribution in [3.8, 4) is 0 Å². The number of likely N-dealkylation sites (tertiary alicyclic amines) is 1. The average Bonchev–Trinajstić information content (AvgIpc) is 2.54. The van der Waals surface area contributed by atoms with Crippen molar-refractivity contribution in [2.24, 2.45) is 5.92 Å². The second-order valence-corrected chi connectivity index (χ2v) is 6.32. The third kappa shape index (κ3) is 5.43. The first-order valence-corrected chi connectivity index (χ1v) is 8.34. The summed E-state index contributed by atoms with van der Waals surface area (Å²) in [5.74, 6) is 0.807. The Morgan fingerprint density at radius 3 is 2.77 bits per heavy atom. The Labute approximate surface area is 133 Å². The molecule has 1 aliphatic rings. The number of carbonyl (C=O) groups is 1. The summed E-state index contributed by atoms with van der Waals surface area (Å²) >= 11 is 0. The summed E-state index contributed by atoms with van der Waals surface area (Å²) in [6, 6.07) is 10.3. The van der Waals surface area contributed by atoms with Gasteiger partial charge in [-0.2, -0.15) is 0 Å². The molecule has 0 radical (unpaired) electrons. The van der Waals surface area contributed by atoms with Crippen molar-refractivity contribution >= 4 is 5.91 Å². The predicted molar refractivity (Wildman–Crippen MR) is 88.6 cm³/mol. The molecule has 2 rings (SSSR count). The smallest absolute Gasteiger partial charge is 0.236 e. The summed E-state index contributed by atoms with van der Waals surface area (Å²) in [6.45, 7) is 5.85. The van der Waals surface area contributed by atoms with Crippen LogP contribution < -0.4 is 0 Å². The van der Waals surface area contributed by atoms with Crippen LogP contribution in [-0.4, -0.2) is 60.1 Å². The zero-order chi connectivity index (χ0) is 15.8. The maximum absolute atomic E-state index is 12.4. The molecule has 1 aromatic carbocycles. The molecule has 0 spiro atoms. The first-order chi connectivity index (χ1) is 10.7. The van der Waals surface area contributed by atoms with Crippen molar-refractivity contribution in [3.63, 3.8) is 0 Å². The van der Waals surface area contributed by atoms with E-state index in [4.69, 9.17) is 0 Å². The van der Waals surface area contributed by atoms with Gasteiger partial charge in [-0.15, -0.1) is 0 Å². The van der Waals surface area contributed by atoms with E-state index in [-0.39, 0.29) is 12.5 Å². The van der Waals surface area contributed by atoms with E-state index in [9.17, 15) is 9.90 Å². The van der Waals surface area contributed by atoms with E-state index < -0.39 is 0 Å². The predicted octanol–water partition coefficient (Wildman–Crippen LogP) is 1.78. The molecular weight excluding hydrogens is 276 g/mol. The molecule has 1 atom stereocenters. The number of nitrogens with zero attached hydrogens (tertiary/aromatic N) is 2. The molecule has 0 saturated carbocycles. The molecule has 22 heavy (non-hydrogen) atoms. The van der Waals surface area contributed by atoms with Crippen molar-refractivity contribution in [2.45, 2.75) is 26.2 Å². The van der Waals surface area contributed by atoms with Crippen LogP contribution in [0.25, 0.3) is 0 Å². The number of rotatable bonds is 7. The van der Waals surface area contributed by atoms with Crippen molar-refractivity contribution in [1.82, 2.24) is 9.80 Å². The molecule has 1 saturated heterocycles. The normalized spacial score (nSPS) is 18.7. The number of carbonyl (C=O) groups excluding carboxylic acids is 1. The quantitative estimate of drug-likeness (QED) is 0.835. The minimum atomic E-state index is 0.0957. The van der Waals surface area contributed by atoms with Crippen LogP contribution in [0.5, 0.6) is 0 Å². The molecular formula is C18H28N2O2. The Hall–Kier alpha value is -1.39. The van der Waals surface area contributed by atoms with Crippen LogP contribution in [0, 0.1) is 5.92 Å². The van der Waals surface area contributed by atoms with Gasteiger partial charge in [-0.05, 0) is 30.7 Å². The summed E-state index contributed by atoms with van der Waals surface area (Å²) in [7, 11) is 0. The standard InChI is InChI=1S/C18H28N2O2/c1-16-6-5-10-20(14-16)18(22)15-19(12-13-21)11-9-17-7-3-2-4-8-17/h2-4,7-8,16,21H,5-6,9-15H2,1H3. The van der Waals surface area contributed by atoms with Crippen LogP contribution >= 0.6 is 0 Å². The Kier molecular flexibility index (Phi) is 6.87. The first-order valence-electron chi connectivity index (χ1n) is 8.34. The molecule has 122 valence electrons. The van der Waals surface area contributed by atoms with Crippen LogP contribution in [-0.2, 0) is 11.2 Å². The highest BCUT2D eigenvalue weighted by Crippen LogP contribution is 2.15. The summed E-state index contributed by atoms with van der Waals surface area (Å²) in [6.07, 6.45) is 3.24. The minimum absolute atomic E-state index is 0.0957. The lowest BCUT2D eigenvalue weighted by Gasteiger charge is -2.33. The van der Waals surface area contributed by atoms with E-state index >= 15 is 0 Å². The van der Waals surface area contributed by atoms with E-state index in [1.165, 1.54) is 12.0 Å². The average molecular weight is 304 g/mol. The van der Waals surface area contributed by atoms with Crippen molar-refractivity contribution in [3.05, 3.63) is 35.9 Å². The lowest BCUT2D eigenvalue weighted by molar-refractivity contribution is -0.134. The molecule has 1 unspecified atom stereocenters. The zero-order valence-electron chi connectivity index (χ0n) is 13.6. The molecule has 0 aliphatic carbocycles. The Morgan fingerprint density at radius 2 is 2.09 bits per heavy atom. The third-order valence-corrected chi connectivity index (χ3v) is 4.34. The Morgan fingerprint density at radius 1 is 1.32 bits per heavy atom. The van der Waals surface area contributed by atoms with Gasteiger partial charge in [0, 0.05) is 26.2 Å². The van der Waals surface area contributed by atoms with Gasteiger partial charge in [0.05, 0.1) is 13.2 Å². The molecule has 4 heteroatoms. The lowest BCUT2D eigenvalue weighted by Crippen LogP contribution is -2.45. The molecule has 1 amide bonds. The fourth-order valence-electron chi connectivity index (χ4n) is 3.05. The summed E-state index contributed by atoms with van der Waals surface area (Å²) in [4.78, 5) is 16.5. The number of benzene rings is 1. The maximum Gasteiger partial charge on any atom is 0.236 e. The zero-order valence-corrected chi connectivity index (χ0v) is 13.6. The van der Waals surface area contributed by atoms with Crippen molar-refractivity contribution < 1.29 is 9.90 Å². The molecule has 0 aromatic heterocycles. The SMILES string of the molecule is CC1CCCN(C(=O)CN(CCO)CCc2ccccc2)C1. The fraction of sp³-hybridized carbons (Fsp3) is 0.611. The Bertz CT molecular complexity index is 450. The van der Waals surface area contributed by atoms with Crippen LogP contribution in [0.4, 0.5) is 0 Å². The monoisotopic (exact) mass is 304 g/mol. The van der Waals surface area contributed by atoms with Crippen molar-refractivity contribution in [1.29, 1.82) is 0 Å². The summed E-state index contributed by atoms with van der Waals surface area (Å²) in [5, 5.41) is 9.23. The van der Waals surface area contributed by atoms with Gasteiger partial charge < -0.3 is 10.0 Å². The first kappa shape index (κ1) is 17.0. The topological polar surface area (TPSA) is 43.8 Å². The van der Waals surface area contributed by atoms with Gasteiger partial charge in [-0.1, -0.05) is 37.3 Å². The van der Waals surface area contributed by atoms with Gasteiger partial charge >= 0.3 is 0 Å². The van der Waals surface area contributed by atoms with Crippen LogP contribution in [0.2, 0.25) is 0 Å². The van der Waals surface area contributed by atoms with E-state index in [0.29, 0.717) is 19.0 Å². The highest BCUT2D eigenvalue weighted by molar-refractivity contribution is 5.78. The van der Waals surface area contributed by atoms with Crippen molar-refractivity contribution in [2.75, 3.05) is 39.3 Å². The second-order valence-electron chi connectivity index (χ2n) is 6.32. The van der Waals surface area contributed by atoms with Gasteiger partial charge in [0.25, 0.3) is 0 Å². The number of piperidine rings is 1. The molecule has 4 nitrogen and oxygen atoms in total. The molecule has 1 heterocycles. The van der Waals surface area contributed by atoms with Gasteiger partial charge in [-0.3, -0.25) is 9.69 Å². The lowest BCUT2D eigenvalue weighted by atomic mass is 10.0. The van der Waals surface area contributed by atoms with Crippen LogP contribution in [0.1, 0.15) is 25.3 Å². The minimum Gasteiger partial charge on any atom is -0.395 e.